The number of anilines is 2. The topological polar surface area (TPSA) is 73.4 Å². The molecule has 0 atom stereocenters. The van der Waals surface area contributed by atoms with Gasteiger partial charge in [0.25, 0.3) is 5.91 Å². The summed E-state index contributed by atoms with van der Waals surface area (Å²) in [6, 6.07) is 7.69. The van der Waals surface area contributed by atoms with Crippen LogP contribution in [0.1, 0.15) is 12.6 Å². The molecule has 24 heavy (non-hydrogen) atoms. The third kappa shape index (κ3) is 3.04. The fourth-order valence-electron chi connectivity index (χ4n) is 2.48. The number of aromatic nitrogens is 2. The number of halogens is 1. The number of nitrogens with one attached hydrogen (secondary N) is 2. The Bertz CT molecular complexity index is 804. The van der Waals surface area contributed by atoms with Crippen molar-refractivity contribution >= 4 is 17.4 Å². The van der Waals surface area contributed by atoms with Gasteiger partial charge in [-0.05, 0) is 38.1 Å². The van der Waals surface area contributed by atoms with Gasteiger partial charge in [-0.2, -0.15) is 0 Å². The quantitative estimate of drug-likeness (QED) is 0.897. The SMILES string of the molecule is CC1=C(C(=O)Nc2cc(C)ncn2)N(C)NN1c1ccc(F)cc1. The molecule has 2 heterocycles. The highest BCUT2D eigenvalue weighted by atomic mass is 19.1. The Morgan fingerprint density at radius 2 is 1.92 bits per heavy atom. The molecule has 0 saturated carbocycles. The van der Waals surface area contributed by atoms with E-state index in [1.54, 1.807) is 42.2 Å². The molecule has 7 nitrogen and oxygen atoms in total. The van der Waals surface area contributed by atoms with Crippen LogP contribution in [-0.2, 0) is 4.79 Å². The predicted molar refractivity (Wildman–Crippen MR) is 87.9 cm³/mol. The second-order valence-corrected chi connectivity index (χ2v) is 5.40. The van der Waals surface area contributed by atoms with E-state index in [1.807, 2.05) is 6.92 Å². The second-order valence-electron chi connectivity index (χ2n) is 5.40. The lowest BCUT2D eigenvalue weighted by atomic mass is 10.2. The fraction of sp³-hybridized carbons (Fsp3) is 0.188. The molecule has 1 aromatic heterocycles. The Morgan fingerprint density at radius 3 is 2.58 bits per heavy atom. The monoisotopic (exact) mass is 328 g/mol. The summed E-state index contributed by atoms with van der Waals surface area (Å²) < 4.78 is 13.1. The zero-order valence-electron chi connectivity index (χ0n) is 13.5. The van der Waals surface area contributed by atoms with Crippen molar-refractivity contribution in [2.24, 2.45) is 0 Å². The van der Waals surface area contributed by atoms with Gasteiger partial charge in [-0.1, -0.05) is 0 Å². The van der Waals surface area contributed by atoms with Gasteiger partial charge in [0, 0.05) is 18.8 Å². The number of amides is 1. The molecule has 1 aromatic carbocycles. The van der Waals surface area contributed by atoms with Crippen molar-refractivity contribution in [2.45, 2.75) is 13.8 Å². The Balaban J connectivity index is 1.85. The van der Waals surface area contributed by atoms with E-state index in [2.05, 4.69) is 20.8 Å². The van der Waals surface area contributed by atoms with Crippen LogP contribution in [0.15, 0.2) is 48.1 Å². The number of carbonyl (C=O) groups excluding carboxylic acids is 1. The van der Waals surface area contributed by atoms with E-state index in [0.717, 1.165) is 11.4 Å². The number of rotatable bonds is 3. The summed E-state index contributed by atoms with van der Waals surface area (Å²) in [6.45, 7) is 3.63. The highest BCUT2D eigenvalue weighted by Gasteiger charge is 2.29. The average molecular weight is 328 g/mol. The molecule has 1 aliphatic heterocycles. The molecule has 0 radical (unpaired) electrons. The van der Waals surface area contributed by atoms with E-state index in [9.17, 15) is 9.18 Å². The van der Waals surface area contributed by atoms with Crippen LogP contribution in [-0.4, -0.2) is 27.9 Å². The Morgan fingerprint density at radius 1 is 1.21 bits per heavy atom. The molecule has 124 valence electrons. The number of benzene rings is 1. The first-order valence-corrected chi connectivity index (χ1v) is 7.32. The molecule has 0 fully saturated rings. The minimum atomic E-state index is -0.315. The van der Waals surface area contributed by atoms with Crippen LogP contribution in [0.4, 0.5) is 15.9 Å². The number of carbonyl (C=O) groups is 1. The van der Waals surface area contributed by atoms with Crippen molar-refractivity contribution in [2.75, 3.05) is 17.4 Å². The third-order valence-corrected chi connectivity index (χ3v) is 3.61. The number of aryl methyl sites for hydroxylation is 1. The van der Waals surface area contributed by atoms with Gasteiger partial charge in [-0.3, -0.25) is 14.8 Å². The smallest absolute Gasteiger partial charge is 0.276 e. The lowest BCUT2D eigenvalue weighted by molar-refractivity contribution is -0.114. The summed E-state index contributed by atoms with van der Waals surface area (Å²) in [5.74, 6) is -0.184. The standard InChI is InChI=1S/C16H17FN6O/c1-10-8-14(19-9-18-10)20-16(24)15-11(2)23(21-22(15)3)13-6-4-12(17)5-7-13/h4-9,21H,1-3H3,(H,18,19,20,24). The molecule has 0 unspecified atom stereocenters. The van der Waals surface area contributed by atoms with Crippen LogP contribution in [0.5, 0.6) is 0 Å². The van der Waals surface area contributed by atoms with Gasteiger partial charge in [-0.15, -0.1) is 5.53 Å². The van der Waals surface area contributed by atoms with Crippen molar-refractivity contribution in [3.05, 3.63) is 59.6 Å². The highest BCUT2D eigenvalue weighted by Crippen LogP contribution is 2.26. The minimum Gasteiger partial charge on any atom is -0.305 e. The molecule has 0 aliphatic carbocycles. The predicted octanol–water partition coefficient (Wildman–Crippen LogP) is 1.97. The van der Waals surface area contributed by atoms with Crippen LogP contribution < -0.4 is 15.9 Å². The lowest BCUT2D eigenvalue weighted by Crippen LogP contribution is -2.40. The molecule has 0 bridgehead atoms. The van der Waals surface area contributed by atoms with Crippen LogP contribution in [0.3, 0.4) is 0 Å². The summed E-state index contributed by atoms with van der Waals surface area (Å²) in [5, 5.41) is 6.06. The summed E-state index contributed by atoms with van der Waals surface area (Å²) >= 11 is 0. The van der Waals surface area contributed by atoms with Crippen molar-refractivity contribution < 1.29 is 9.18 Å². The molecular weight excluding hydrogens is 311 g/mol. The molecule has 1 aliphatic rings. The van der Waals surface area contributed by atoms with Crippen molar-refractivity contribution in [1.82, 2.24) is 20.5 Å². The van der Waals surface area contributed by atoms with Gasteiger partial charge >= 0.3 is 0 Å². The van der Waals surface area contributed by atoms with Crippen LogP contribution in [0, 0.1) is 12.7 Å². The third-order valence-electron chi connectivity index (χ3n) is 3.61. The summed E-state index contributed by atoms with van der Waals surface area (Å²) in [6.07, 6.45) is 1.40. The van der Waals surface area contributed by atoms with Gasteiger partial charge in [0.15, 0.2) is 0 Å². The maximum Gasteiger partial charge on any atom is 0.276 e. The lowest BCUT2D eigenvalue weighted by Gasteiger charge is -2.21. The molecule has 2 N–H and O–H groups in total. The normalized spacial score (nSPS) is 14.3. The van der Waals surface area contributed by atoms with Crippen LogP contribution in [0.2, 0.25) is 0 Å². The van der Waals surface area contributed by atoms with Crippen molar-refractivity contribution in [3.8, 4) is 0 Å². The van der Waals surface area contributed by atoms with Crippen LogP contribution >= 0.6 is 0 Å². The van der Waals surface area contributed by atoms with E-state index in [-0.39, 0.29) is 11.7 Å². The van der Waals surface area contributed by atoms with E-state index in [0.29, 0.717) is 17.2 Å². The van der Waals surface area contributed by atoms with Crippen LogP contribution in [0.25, 0.3) is 0 Å². The van der Waals surface area contributed by atoms with Gasteiger partial charge < -0.3 is 5.32 Å². The van der Waals surface area contributed by atoms with Crippen molar-refractivity contribution in [3.63, 3.8) is 0 Å². The molecule has 3 rings (SSSR count). The molecular formula is C16H17FN6O. The summed E-state index contributed by atoms with van der Waals surface area (Å²) in [4.78, 5) is 20.6. The average Bonchev–Trinajstić information content (AvgIpc) is 2.83. The molecule has 0 saturated heterocycles. The Kier molecular flexibility index (Phi) is 4.13. The minimum absolute atomic E-state index is 0.301. The number of likely N-dealkylation sites (N-methyl/N-ethyl adjacent to an activating group) is 1. The molecule has 2 aromatic rings. The summed E-state index contributed by atoms with van der Waals surface area (Å²) in [5.41, 5.74) is 5.66. The number of hydrazine groups is 2. The molecule has 0 spiro atoms. The maximum atomic E-state index is 13.1. The second kappa shape index (κ2) is 6.25. The zero-order chi connectivity index (χ0) is 17.3. The van der Waals surface area contributed by atoms with Gasteiger partial charge in [-0.25, -0.2) is 14.4 Å². The first-order chi connectivity index (χ1) is 11.5. The molecule has 1 amide bonds. The van der Waals surface area contributed by atoms with E-state index in [4.69, 9.17) is 0 Å². The van der Waals surface area contributed by atoms with Crippen molar-refractivity contribution in [1.29, 1.82) is 0 Å². The molecule has 8 heteroatoms. The fourth-order valence-corrected chi connectivity index (χ4v) is 2.48. The van der Waals surface area contributed by atoms with E-state index < -0.39 is 0 Å². The zero-order valence-corrected chi connectivity index (χ0v) is 13.5. The number of hydrogen-bond donors (Lipinski definition) is 2. The maximum absolute atomic E-state index is 13.1. The van der Waals surface area contributed by atoms with E-state index >= 15 is 0 Å². The first kappa shape index (κ1) is 15.9. The number of nitrogens with zero attached hydrogens (tertiary/aromatic N) is 4. The largest absolute Gasteiger partial charge is 0.305 e. The van der Waals surface area contributed by atoms with E-state index in [1.165, 1.54) is 18.5 Å². The highest BCUT2D eigenvalue weighted by molar-refractivity contribution is 6.04. The van der Waals surface area contributed by atoms with Gasteiger partial charge in [0.1, 0.15) is 23.7 Å². The van der Waals surface area contributed by atoms with Gasteiger partial charge in [0.05, 0.1) is 11.4 Å². The van der Waals surface area contributed by atoms with Gasteiger partial charge in [0.2, 0.25) is 0 Å². The Labute approximate surface area is 138 Å². The number of allylic oxidation sites excluding steroid dienone is 1. The summed E-state index contributed by atoms with van der Waals surface area (Å²) in [7, 11) is 1.73. The Hall–Kier alpha value is -3.00. The number of hydrogen-bond acceptors (Lipinski definition) is 6. The first-order valence-electron chi connectivity index (χ1n) is 7.32.